The lowest BCUT2D eigenvalue weighted by atomic mass is 10.2. The lowest BCUT2D eigenvalue weighted by Crippen LogP contribution is -2.30. The van der Waals surface area contributed by atoms with Crippen molar-refractivity contribution in [3.63, 3.8) is 0 Å². The number of aromatic amines is 1. The van der Waals surface area contributed by atoms with Crippen molar-refractivity contribution < 1.29 is 4.74 Å². The SMILES string of the molecule is COc1ccc(Cn2c(Cl)cc(=O)[nH]c2=O)cc1. The molecule has 0 amide bonds. The Balaban J connectivity index is 2.34. The van der Waals surface area contributed by atoms with E-state index < -0.39 is 11.2 Å². The van der Waals surface area contributed by atoms with E-state index in [-0.39, 0.29) is 5.15 Å². The van der Waals surface area contributed by atoms with Gasteiger partial charge in [0.15, 0.2) is 0 Å². The summed E-state index contributed by atoms with van der Waals surface area (Å²) in [6, 6.07) is 8.41. The van der Waals surface area contributed by atoms with E-state index in [0.717, 1.165) is 11.3 Å². The number of hydrogen-bond donors (Lipinski definition) is 1. The first-order valence-corrected chi connectivity index (χ1v) is 5.60. The van der Waals surface area contributed by atoms with Crippen LogP contribution in [0.3, 0.4) is 0 Å². The summed E-state index contributed by atoms with van der Waals surface area (Å²) < 4.78 is 6.32. The molecule has 0 atom stereocenters. The minimum atomic E-state index is -0.525. The van der Waals surface area contributed by atoms with Gasteiger partial charge in [0.05, 0.1) is 13.7 Å². The average Bonchev–Trinajstić information content (AvgIpc) is 2.34. The molecule has 6 heteroatoms. The van der Waals surface area contributed by atoms with E-state index in [0.29, 0.717) is 6.54 Å². The zero-order valence-corrected chi connectivity index (χ0v) is 10.4. The highest BCUT2D eigenvalue weighted by molar-refractivity contribution is 6.29. The fourth-order valence-electron chi connectivity index (χ4n) is 1.55. The Morgan fingerprint density at radius 2 is 1.94 bits per heavy atom. The van der Waals surface area contributed by atoms with Crippen molar-refractivity contribution in [1.82, 2.24) is 9.55 Å². The van der Waals surface area contributed by atoms with Crippen LogP contribution in [-0.4, -0.2) is 16.7 Å². The molecule has 1 aromatic carbocycles. The Bertz CT molecular complexity index is 658. The molecule has 0 bridgehead atoms. The number of nitrogens with zero attached hydrogens (tertiary/aromatic N) is 1. The predicted molar refractivity (Wildman–Crippen MR) is 68.4 cm³/mol. The van der Waals surface area contributed by atoms with Gasteiger partial charge in [-0.15, -0.1) is 0 Å². The van der Waals surface area contributed by atoms with Crippen LogP contribution in [0.5, 0.6) is 5.75 Å². The second kappa shape index (κ2) is 5.10. The molecular weight excluding hydrogens is 256 g/mol. The second-order valence-electron chi connectivity index (χ2n) is 3.70. The van der Waals surface area contributed by atoms with Crippen LogP contribution in [-0.2, 0) is 6.54 Å². The minimum Gasteiger partial charge on any atom is -0.497 e. The Morgan fingerprint density at radius 1 is 1.28 bits per heavy atom. The van der Waals surface area contributed by atoms with E-state index >= 15 is 0 Å². The summed E-state index contributed by atoms with van der Waals surface area (Å²) in [5.41, 5.74) is -0.147. The number of rotatable bonds is 3. The van der Waals surface area contributed by atoms with Crippen molar-refractivity contribution >= 4 is 11.6 Å². The summed E-state index contributed by atoms with van der Waals surface area (Å²) in [5, 5.41) is 0.111. The van der Waals surface area contributed by atoms with E-state index in [1.54, 1.807) is 19.2 Å². The van der Waals surface area contributed by atoms with E-state index in [2.05, 4.69) is 4.98 Å². The smallest absolute Gasteiger partial charge is 0.329 e. The highest BCUT2D eigenvalue weighted by atomic mass is 35.5. The Labute approximate surface area is 108 Å². The van der Waals surface area contributed by atoms with Gasteiger partial charge in [-0.25, -0.2) is 4.79 Å². The molecule has 0 saturated heterocycles. The Kier molecular flexibility index (Phi) is 3.53. The molecule has 0 aliphatic rings. The minimum absolute atomic E-state index is 0.111. The maximum atomic E-state index is 11.6. The molecule has 18 heavy (non-hydrogen) atoms. The Morgan fingerprint density at radius 3 is 2.50 bits per heavy atom. The van der Waals surface area contributed by atoms with Crippen molar-refractivity contribution in [1.29, 1.82) is 0 Å². The first-order chi connectivity index (χ1) is 8.60. The number of nitrogens with one attached hydrogen (secondary N) is 1. The van der Waals surface area contributed by atoms with Crippen LogP contribution >= 0.6 is 11.6 Å². The van der Waals surface area contributed by atoms with Gasteiger partial charge in [-0.2, -0.15) is 0 Å². The maximum absolute atomic E-state index is 11.6. The lowest BCUT2D eigenvalue weighted by Gasteiger charge is -2.07. The predicted octanol–water partition coefficient (Wildman–Crippen LogP) is 1.25. The van der Waals surface area contributed by atoms with Gasteiger partial charge in [0, 0.05) is 6.07 Å². The van der Waals surface area contributed by atoms with Crippen LogP contribution in [0.4, 0.5) is 0 Å². The number of methoxy groups -OCH3 is 1. The van der Waals surface area contributed by atoms with Crippen LogP contribution < -0.4 is 16.0 Å². The monoisotopic (exact) mass is 266 g/mol. The fraction of sp³-hybridized carbons (Fsp3) is 0.167. The third-order valence-electron chi connectivity index (χ3n) is 2.48. The van der Waals surface area contributed by atoms with Gasteiger partial charge in [-0.3, -0.25) is 14.3 Å². The summed E-state index contributed by atoms with van der Waals surface area (Å²) in [6.07, 6.45) is 0. The van der Waals surface area contributed by atoms with Crippen LogP contribution in [0.25, 0.3) is 0 Å². The normalized spacial score (nSPS) is 10.3. The summed E-state index contributed by atoms with van der Waals surface area (Å²) >= 11 is 5.86. The summed E-state index contributed by atoms with van der Waals surface area (Å²) in [7, 11) is 1.58. The third kappa shape index (κ3) is 2.62. The number of H-pyrrole nitrogens is 1. The Hall–Kier alpha value is -2.01. The van der Waals surface area contributed by atoms with Crippen molar-refractivity contribution in [2.24, 2.45) is 0 Å². The average molecular weight is 267 g/mol. The molecule has 2 rings (SSSR count). The van der Waals surface area contributed by atoms with Gasteiger partial charge in [-0.1, -0.05) is 23.7 Å². The van der Waals surface area contributed by atoms with Gasteiger partial charge < -0.3 is 4.74 Å². The standard InChI is InChI=1S/C12H11ClN2O3/c1-18-9-4-2-8(3-5-9)7-15-10(13)6-11(16)14-12(15)17/h2-6H,7H2,1H3,(H,14,16,17). The number of aromatic nitrogens is 2. The molecule has 94 valence electrons. The molecule has 1 aromatic heterocycles. The zero-order chi connectivity index (χ0) is 13.1. The van der Waals surface area contributed by atoms with Crippen molar-refractivity contribution in [3.8, 4) is 5.75 Å². The molecule has 2 aromatic rings. The summed E-state index contributed by atoms with van der Waals surface area (Å²) in [4.78, 5) is 24.8. The quantitative estimate of drug-likeness (QED) is 0.851. The van der Waals surface area contributed by atoms with Crippen LogP contribution in [0.1, 0.15) is 5.56 Å². The highest BCUT2D eigenvalue weighted by Gasteiger charge is 2.04. The van der Waals surface area contributed by atoms with Crippen molar-refractivity contribution in [2.45, 2.75) is 6.54 Å². The summed E-state index contributed by atoms with van der Waals surface area (Å²) in [6.45, 7) is 0.290. The first-order valence-electron chi connectivity index (χ1n) is 5.23. The molecule has 1 N–H and O–H groups in total. The third-order valence-corrected chi connectivity index (χ3v) is 2.80. The van der Waals surface area contributed by atoms with Gasteiger partial charge in [-0.05, 0) is 17.7 Å². The molecule has 0 aliphatic heterocycles. The number of hydrogen-bond acceptors (Lipinski definition) is 3. The number of benzene rings is 1. The van der Waals surface area contributed by atoms with Crippen molar-refractivity contribution in [3.05, 3.63) is 61.9 Å². The zero-order valence-electron chi connectivity index (χ0n) is 9.64. The molecule has 0 aliphatic carbocycles. The van der Waals surface area contributed by atoms with E-state index in [9.17, 15) is 9.59 Å². The summed E-state index contributed by atoms with van der Waals surface area (Å²) in [5.74, 6) is 0.735. The second-order valence-corrected chi connectivity index (χ2v) is 4.08. The van der Waals surface area contributed by atoms with E-state index in [1.165, 1.54) is 10.6 Å². The molecular formula is C12H11ClN2O3. The van der Waals surface area contributed by atoms with E-state index in [4.69, 9.17) is 16.3 Å². The fourth-order valence-corrected chi connectivity index (χ4v) is 1.79. The van der Waals surface area contributed by atoms with Crippen LogP contribution in [0.15, 0.2) is 39.9 Å². The number of ether oxygens (including phenoxy) is 1. The maximum Gasteiger partial charge on any atom is 0.329 e. The molecule has 1 heterocycles. The molecule has 0 radical (unpaired) electrons. The van der Waals surface area contributed by atoms with E-state index in [1.807, 2.05) is 12.1 Å². The largest absolute Gasteiger partial charge is 0.497 e. The van der Waals surface area contributed by atoms with Crippen molar-refractivity contribution in [2.75, 3.05) is 7.11 Å². The lowest BCUT2D eigenvalue weighted by molar-refractivity contribution is 0.414. The molecule has 0 saturated carbocycles. The van der Waals surface area contributed by atoms with Gasteiger partial charge in [0.1, 0.15) is 10.9 Å². The molecule has 0 unspecified atom stereocenters. The number of halogens is 1. The van der Waals surface area contributed by atoms with Crippen LogP contribution in [0, 0.1) is 0 Å². The molecule has 0 fully saturated rings. The van der Waals surface area contributed by atoms with Gasteiger partial charge in [0.2, 0.25) is 0 Å². The topological polar surface area (TPSA) is 64.1 Å². The highest BCUT2D eigenvalue weighted by Crippen LogP contribution is 2.13. The molecule has 5 nitrogen and oxygen atoms in total. The van der Waals surface area contributed by atoms with Gasteiger partial charge in [0.25, 0.3) is 5.56 Å². The van der Waals surface area contributed by atoms with Gasteiger partial charge >= 0.3 is 5.69 Å². The first kappa shape index (κ1) is 12.4. The molecule has 0 spiro atoms. The van der Waals surface area contributed by atoms with Crippen LogP contribution in [0.2, 0.25) is 5.15 Å².